The Morgan fingerprint density at radius 1 is 0.571 bits per heavy atom. The van der Waals surface area contributed by atoms with E-state index in [1.165, 1.54) is 60.7 Å². The van der Waals surface area contributed by atoms with Crippen LogP contribution in [0.2, 0.25) is 0 Å². The Bertz CT molecular complexity index is 1230. The highest BCUT2D eigenvalue weighted by Gasteiger charge is 2.14. The van der Waals surface area contributed by atoms with Gasteiger partial charge in [-0.05, 0) is 79.2 Å². The van der Waals surface area contributed by atoms with E-state index in [2.05, 4.69) is 0 Å². The van der Waals surface area contributed by atoms with E-state index in [1.807, 2.05) is 0 Å². The lowest BCUT2D eigenvalue weighted by Crippen LogP contribution is -2.11. The van der Waals surface area contributed by atoms with Gasteiger partial charge in [-0.2, -0.15) is 0 Å². The van der Waals surface area contributed by atoms with Crippen molar-refractivity contribution in [1.29, 1.82) is 0 Å². The highest BCUT2D eigenvalue weighted by atomic mass is 16.5. The Morgan fingerprint density at radius 2 is 1.00 bits per heavy atom. The van der Waals surface area contributed by atoms with Gasteiger partial charge in [0.05, 0.1) is 11.1 Å². The van der Waals surface area contributed by atoms with Crippen LogP contribution in [0.25, 0.3) is 0 Å². The molecule has 0 amide bonds. The summed E-state index contributed by atoms with van der Waals surface area (Å²) >= 11 is 0. The minimum atomic E-state index is -0.591. The van der Waals surface area contributed by atoms with E-state index in [0.717, 1.165) is 0 Å². The van der Waals surface area contributed by atoms with Crippen molar-refractivity contribution in [2.24, 2.45) is 0 Å². The van der Waals surface area contributed by atoms with Gasteiger partial charge in [-0.1, -0.05) is 13.8 Å². The molecule has 0 N–H and O–H groups in total. The number of esters is 4. The average Bonchev–Trinajstić information content (AvgIpc) is 2.86. The topological polar surface area (TPSA) is 105 Å². The summed E-state index contributed by atoms with van der Waals surface area (Å²) in [6, 6.07) is 16.7. The minimum Gasteiger partial charge on any atom is -0.427 e. The molecule has 3 aromatic rings. The molecule has 0 fully saturated rings. The Balaban J connectivity index is 1.61. The van der Waals surface area contributed by atoms with Crippen LogP contribution in [0.1, 0.15) is 53.0 Å². The van der Waals surface area contributed by atoms with E-state index in [4.69, 9.17) is 18.9 Å². The lowest BCUT2D eigenvalue weighted by molar-refractivity contribution is -0.134. The van der Waals surface area contributed by atoms with Gasteiger partial charge in [-0.25, -0.2) is 9.59 Å². The zero-order valence-corrected chi connectivity index (χ0v) is 19.5. The number of hydrogen-bond acceptors (Lipinski definition) is 8. The Labute approximate surface area is 202 Å². The summed E-state index contributed by atoms with van der Waals surface area (Å²) in [5.41, 5.74) is 1.14. The number of rotatable bonds is 8. The first-order valence-electron chi connectivity index (χ1n) is 11.0. The van der Waals surface area contributed by atoms with Crippen LogP contribution < -0.4 is 18.9 Å². The molecule has 8 heteroatoms. The molecule has 0 saturated heterocycles. The maximum atomic E-state index is 12.5. The van der Waals surface area contributed by atoms with Crippen LogP contribution in [-0.4, -0.2) is 23.9 Å². The molecule has 0 aliphatic rings. The van der Waals surface area contributed by atoms with Crippen molar-refractivity contribution in [2.45, 2.75) is 33.6 Å². The summed E-state index contributed by atoms with van der Waals surface area (Å²) in [6.07, 6.45) is 0.494. The third-order valence-corrected chi connectivity index (χ3v) is 4.78. The summed E-state index contributed by atoms with van der Waals surface area (Å²) in [5, 5.41) is 0. The third-order valence-electron chi connectivity index (χ3n) is 4.78. The molecule has 0 aliphatic carbocycles. The highest BCUT2D eigenvalue weighted by Crippen LogP contribution is 2.25. The van der Waals surface area contributed by atoms with E-state index in [1.54, 1.807) is 26.8 Å². The second-order valence-corrected chi connectivity index (χ2v) is 7.41. The second-order valence-electron chi connectivity index (χ2n) is 7.41. The molecule has 0 radical (unpaired) electrons. The van der Waals surface area contributed by atoms with E-state index in [-0.39, 0.29) is 41.7 Å². The number of benzene rings is 3. The molecule has 35 heavy (non-hydrogen) atoms. The Morgan fingerprint density at radius 3 is 1.43 bits per heavy atom. The van der Waals surface area contributed by atoms with Crippen molar-refractivity contribution in [3.63, 3.8) is 0 Å². The van der Waals surface area contributed by atoms with E-state index in [0.29, 0.717) is 22.8 Å². The normalized spacial score (nSPS) is 10.3. The van der Waals surface area contributed by atoms with Crippen LogP contribution in [0.15, 0.2) is 66.7 Å². The number of carbonyl (C=O) groups is 4. The molecule has 0 spiro atoms. The van der Waals surface area contributed by atoms with Gasteiger partial charge in [0.25, 0.3) is 0 Å². The van der Waals surface area contributed by atoms with Crippen LogP contribution in [-0.2, 0) is 9.59 Å². The van der Waals surface area contributed by atoms with Crippen molar-refractivity contribution < 1.29 is 38.1 Å². The first-order chi connectivity index (χ1) is 16.8. The monoisotopic (exact) mass is 476 g/mol. The number of hydrogen-bond donors (Lipinski definition) is 0. The van der Waals surface area contributed by atoms with Gasteiger partial charge in [0, 0.05) is 12.8 Å². The fourth-order valence-corrected chi connectivity index (χ4v) is 2.85. The molecule has 0 saturated carbocycles. The summed E-state index contributed by atoms with van der Waals surface area (Å²) < 4.78 is 21.0. The lowest BCUT2D eigenvalue weighted by Gasteiger charge is -2.10. The van der Waals surface area contributed by atoms with Crippen LogP contribution >= 0.6 is 0 Å². The molecular weight excluding hydrogens is 452 g/mol. The molecule has 180 valence electrons. The van der Waals surface area contributed by atoms with Crippen molar-refractivity contribution in [2.75, 3.05) is 0 Å². The summed E-state index contributed by atoms with van der Waals surface area (Å²) in [5.74, 6) is -0.660. The smallest absolute Gasteiger partial charge is 0.343 e. The lowest BCUT2D eigenvalue weighted by atomic mass is 10.2. The van der Waals surface area contributed by atoms with E-state index < -0.39 is 11.9 Å². The quantitative estimate of drug-likeness (QED) is 0.328. The summed E-state index contributed by atoms with van der Waals surface area (Å²) in [7, 11) is 0. The van der Waals surface area contributed by atoms with Gasteiger partial charge in [0.1, 0.15) is 23.0 Å². The molecule has 0 aliphatic heterocycles. The highest BCUT2D eigenvalue weighted by molar-refractivity contribution is 5.92. The van der Waals surface area contributed by atoms with Crippen LogP contribution in [0.3, 0.4) is 0 Å². The Hall–Kier alpha value is -4.46. The molecular formula is C27H24O8. The van der Waals surface area contributed by atoms with Gasteiger partial charge in [0.15, 0.2) is 0 Å². The largest absolute Gasteiger partial charge is 0.427 e. The molecule has 0 aromatic heterocycles. The van der Waals surface area contributed by atoms with Crippen molar-refractivity contribution in [3.05, 3.63) is 83.4 Å². The van der Waals surface area contributed by atoms with Gasteiger partial charge in [0.2, 0.25) is 0 Å². The van der Waals surface area contributed by atoms with Crippen molar-refractivity contribution >= 4 is 23.9 Å². The average molecular weight is 476 g/mol. The fourth-order valence-electron chi connectivity index (χ4n) is 2.85. The zero-order valence-electron chi connectivity index (χ0n) is 19.5. The van der Waals surface area contributed by atoms with Gasteiger partial charge in [-0.15, -0.1) is 0 Å². The predicted octanol–water partition coefficient (Wildman–Crippen LogP) is 5.06. The zero-order chi connectivity index (χ0) is 25.4. The molecule has 0 atom stereocenters. The van der Waals surface area contributed by atoms with Crippen molar-refractivity contribution in [3.8, 4) is 23.0 Å². The molecule has 3 aromatic carbocycles. The fraction of sp³-hybridized carbons (Fsp3) is 0.185. The Kier molecular flexibility index (Phi) is 8.34. The maximum absolute atomic E-state index is 12.5. The van der Waals surface area contributed by atoms with E-state index in [9.17, 15) is 19.2 Å². The first kappa shape index (κ1) is 25.2. The van der Waals surface area contributed by atoms with Crippen LogP contribution in [0, 0.1) is 6.92 Å². The third kappa shape index (κ3) is 7.01. The SMILES string of the molecule is CCC(=O)Oc1ccc(C(=O)Oc2ccc(OC(=O)c3ccc(OC(=O)CC)cc3)c(C)c2)cc1. The molecule has 8 nitrogen and oxygen atoms in total. The first-order valence-corrected chi connectivity index (χ1v) is 11.0. The summed E-state index contributed by atoms with van der Waals surface area (Å²) in [6.45, 7) is 5.09. The molecule has 0 heterocycles. The minimum absolute atomic E-state index is 0.247. The van der Waals surface area contributed by atoms with Gasteiger partial charge >= 0.3 is 23.9 Å². The second kappa shape index (κ2) is 11.6. The van der Waals surface area contributed by atoms with Crippen LogP contribution in [0.4, 0.5) is 0 Å². The number of carbonyl (C=O) groups excluding carboxylic acids is 4. The number of ether oxygens (including phenoxy) is 4. The number of aryl methyl sites for hydroxylation is 1. The molecule has 3 rings (SSSR count). The van der Waals surface area contributed by atoms with Gasteiger partial charge < -0.3 is 18.9 Å². The maximum Gasteiger partial charge on any atom is 0.343 e. The van der Waals surface area contributed by atoms with E-state index >= 15 is 0 Å². The van der Waals surface area contributed by atoms with Crippen LogP contribution in [0.5, 0.6) is 23.0 Å². The summed E-state index contributed by atoms with van der Waals surface area (Å²) in [4.78, 5) is 47.6. The molecule has 0 bridgehead atoms. The van der Waals surface area contributed by atoms with Crippen molar-refractivity contribution in [1.82, 2.24) is 0 Å². The molecule has 0 unspecified atom stereocenters. The van der Waals surface area contributed by atoms with Gasteiger partial charge in [-0.3, -0.25) is 9.59 Å². The standard InChI is InChI=1S/C27H24O8/c1-4-24(28)32-20-10-6-18(7-11-20)26(30)34-22-14-15-23(17(3)16-22)35-27(31)19-8-12-21(13-9-19)33-25(29)5-2/h6-16H,4-5H2,1-3H3. The predicted molar refractivity (Wildman–Crippen MR) is 126 cm³/mol.